The van der Waals surface area contributed by atoms with E-state index in [1.54, 1.807) is 35.0 Å². The van der Waals surface area contributed by atoms with Gasteiger partial charge in [-0.15, -0.1) is 0 Å². The van der Waals surface area contributed by atoms with Gasteiger partial charge in [-0.05, 0) is 74.1 Å². The minimum absolute atomic E-state index is 0.166. The Bertz CT molecular complexity index is 1390. The Morgan fingerprint density at radius 2 is 1.94 bits per heavy atom. The number of nitrogens with one attached hydrogen (secondary N) is 1. The maximum Gasteiger partial charge on any atom is 0.263 e. The van der Waals surface area contributed by atoms with Gasteiger partial charge in [0.15, 0.2) is 5.82 Å². The number of fused-ring (bicyclic) bond motifs is 1. The van der Waals surface area contributed by atoms with E-state index in [1.807, 2.05) is 31.2 Å². The largest absolute Gasteiger partial charge is 0.492 e. The van der Waals surface area contributed by atoms with Gasteiger partial charge in [-0.2, -0.15) is 0 Å². The van der Waals surface area contributed by atoms with Crippen LogP contribution in [0.5, 0.6) is 5.75 Å². The number of likely N-dealkylation sites (tertiary alicyclic amines) is 1. The van der Waals surface area contributed by atoms with Gasteiger partial charge >= 0.3 is 0 Å². The first kappa shape index (κ1) is 22.9. The Labute approximate surface area is 203 Å². The van der Waals surface area contributed by atoms with Crippen LogP contribution in [0.1, 0.15) is 35.2 Å². The van der Waals surface area contributed by atoms with Gasteiger partial charge in [0, 0.05) is 24.4 Å². The smallest absolute Gasteiger partial charge is 0.263 e. The zero-order valence-corrected chi connectivity index (χ0v) is 19.7. The highest BCUT2D eigenvalue weighted by Crippen LogP contribution is 2.21. The molecule has 8 heteroatoms. The topological polar surface area (TPSA) is 89.6 Å². The van der Waals surface area contributed by atoms with Crippen molar-refractivity contribution in [3.05, 3.63) is 82.5 Å². The molecule has 0 bridgehead atoms. The number of piperidine rings is 1. The van der Waals surface area contributed by atoms with Crippen molar-refractivity contribution >= 4 is 22.5 Å². The van der Waals surface area contributed by atoms with Gasteiger partial charge in [-0.3, -0.25) is 19.1 Å². The standard InChI is InChI=1S/C27H28N4O4/c1-19-5-6-21(26(32)28-25-10-15-35-29-25)17-24(19)31-13-9-20-7-8-22(18-23(20)27(31)33)34-16-14-30-11-3-2-4-12-30/h5-10,13,15,17-18H,2-4,11-12,14,16H2,1H3,(H,28,29,32). The van der Waals surface area contributed by atoms with Crippen LogP contribution in [0.15, 0.2) is 70.3 Å². The highest BCUT2D eigenvalue weighted by molar-refractivity contribution is 6.04. The molecule has 1 fully saturated rings. The summed E-state index contributed by atoms with van der Waals surface area (Å²) in [6, 6.07) is 14.3. The number of benzene rings is 2. The summed E-state index contributed by atoms with van der Waals surface area (Å²) in [6.45, 7) is 5.64. The maximum absolute atomic E-state index is 13.5. The molecule has 5 rings (SSSR count). The molecule has 1 aliphatic heterocycles. The van der Waals surface area contributed by atoms with E-state index in [4.69, 9.17) is 9.26 Å². The van der Waals surface area contributed by atoms with E-state index in [2.05, 4.69) is 15.4 Å². The first-order chi connectivity index (χ1) is 17.1. The van der Waals surface area contributed by atoms with Crippen LogP contribution >= 0.6 is 0 Å². The number of pyridine rings is 1. The van der Waals surface area contributed by atoms with Crippen LogP contribution in [-0.4, -0.2) is 46.8 Å². The third-order valence-corrected chi connectivity index (χ3v) is 6.41. The molecule has 2 aromatic carbocycles. The Kier molecular flexibility index (Phi) is 6.63. The predicted octanol–water partition coefficient (Wildman–Crippen LogP) is 4.40. The molecule has 0 atom stereocenters. The number of rotatable bonds is 7. The molecule has 2 aromatic heterocycles. The Hall–Kier alpha value is -3.91. The fraction of sp³-hybridized carbons (Fsp3) is 0.296. The van der Waals surface area contributed by atoms with Crippen LogP contribution in [0.3, 0.4) is 0 Å². The second kappa shape index (κ2) is 10.1. The first-order valence-electron chi connectivity index (χ1n) is 11.9. The lowest BCUT2D eigenvalue weighted by molar-refractivity contribution is 0.102. The molecule has 1 aliphatic rings. The monoisotopic (exact) mass is 472 g/mol. The number of hydrogen-bond acceptors (Lipinski definition) is 6. The van der Waals surface area contributed by atoms with Crippen LogP contribution in [0.25, 0.3) is 16.5 Å². The third kappa shape index (κ3) is 5.12. The summed E-state index contributed by atoms with van der Waals surface area (Å²) in [5.74, 6) is 0.674. The number of anilines is 1. The zero-order valence-electron chi connectivity index (χ0n) is 19.7. The summed E-state index contributed by atoms with van der Waals surface area (Å²) in [7, 11) is 0. The molecule has 8 nitrogen and oxygen atoms in total. The molecule has 4 aromatic rings. The molecule has 1 N–H and O–H groups in total. The van der Waals surface area contributed by atoms with E-state index in [0.29, 0.717) is 34.8 Å². The van der Waals surface area contributed by atoms with E-state index < -0.39 is 0 Å². The predicted molar refractivity (Wildman–Crippen MR) is 135 cm³/mol. The Balaban J connectivity index is 1.39. The highest BCUT2D eigenvalue weighted by atomic mass is 16.5. The number of nitrogens with zero attached hydrogens (tertiary/aromatic N) is 3. The number of carbonyl (C=O) groups excluding carboxylic acids is 1. The van der Waals surface area contributed by atoms with Crippen LogP contribution in [0.2, 0.25) is 0 Å². The van der Waals surface area contributed by atoms with Crippen molar-refractivity contribution in [2.45, 2.75) is 26.2 Å². The van der Waals surface area contributed by atoms with Gasteiger partial charge < -0.3 is 14.6 Å². The van der Waals surface area contributed by atoms with Crippen LogP contribution in [0.4, 0.5) is 5.82 Å². The molecule has 1 saturated heterocycles. The zero-order chi connectivity index (χ0) is 24.2. The van der Waals surface area contributed by atoms with Gasteiger partial charge in [-0.1, -0.05) is 23.7 Å². The minimum atomic E-state index is -0.335. The van der Waals surface area contributed by atoms with Crippen molar-refractivity contribution in [3.8, 4) is 11.4 Å². The van der Waals surface area contributed by atoms with E-state index in [-0.39, 0.29) is 11.5 Å². The second-order valence-electron chi connectivity index (χ2n) is 8.83. The SMILES string of the molecule is Cc1ccc(C(=O)Nc2ccon2)cc1-n1ccc2ccc(OCCN3CCCCC3)cc2c1=O. The van der Waals surface area contributed by atoms with Gasteiger partial charge in [0.05, 0.1) is 11.1 Å². The van der Waals surface area contributed by atoms with Crippen molar-refractivity contribution in [2.24, 2.45) is 0 Å². The minimum Gasteiger partial charge on any atom is -0.492 e. The van der Waals surface area contributed by atoms with Crippen molar-refractivity contribution in [1.29, 1.82) is 0 Å². The van der Waals surface area contributed by atoms with Crippen molar-refractivity contribution in [2.75, 3.05) is 31.6 Å². The van der Waals surface area contributed by atoms with Gasteiger partial charge in [-0.25, -0.2) is 0 Å². The van der Waals surface area contributed by atoms with Gasteiger partial charge in [0.2, 0.25) is 0 Å². The third-order valence-electron chi connectivity index (χ3n) is 6.41. The molecule has 3 heterocycles. The second-order valence-corrected chi connectivity index (χ2v) is 8.83. The number of aryl methyl sites for hydroxylation is 1. The quantitative estimate of drug-likeness (QED) is 0.429. The summed E-state index contributed by atoms with van der Waals surface area (Å²) in [5, 5.41) is 7.80. The van der Waals surface area contributed by atoms with Crippen LogP contribution in [-0.2, 0) is 0 Å². The average molecular weight is 473 g/mol. The first-order valence-corrected chi connectivity index (χ1v) is 11.9. The molecule has 1 amide bonds. The van der Waals surface area contributed by atoms with E-state index in [9.17, 15) is 9.59 Å². The molecule has 0 spiro atoms. The summed E-state index contributed by atoms with van der Waals surface area (Å²) < 4.78 is 12.3. The maximum atomic E-state index is 13.5. The molecule has 180 valence electrons. The van der Waals surface area contributed by atoms with Crippen LogP contribution in [0, 0.1) is 6.92 Å². The summed E-state index contributed by atoms with van der Waals surface area (Å²) >= 11 is 0. The molecule has 0 aliphatic carbocycles. The van der Waals surface area contributed by atoms with Gasteiger partial charge in [0.25, 0.3) is 11.5 Å². The van der Waals surface area contributed by atoms with Crippen molar-refractivity contribution in [1.82, 2.24) is 14.6 Å². The number of ether oxygens (including phenoxy) is 1. The molecule has 0 unspecified atom stereocenters. The summed E-state index contributed by atoms with van der Waals surface area (Å²) in [4.78, 5) is 28.6. The van der Waals surface area contributed by atoms with Crippen molar-refractivity contribution < 1.29 is 14.1 Å². The Morgan fingerprint density at radius 1 is 1.09 bits per heavy atom. The lowest BCUT2D eigenvalue weighted by Crippen LogP contribution is -2.33. The summed E-state index contributed by atoms with van der Waals surface area (Å²) in [6.07, 6.45) is 6.93. The van der Waals surface area contributed by atoms with Crippen molar-refractivity contribution in [3.63, 3.8) is 0 Å². The average Bonchev–Trinajstić information content (AvgIpc) is 3.39. The Morgan fingerprint density at radius 3 is 2.74 bits per heavy atom. The number of carbonyl (C=O) groups is 1. The highest BCUT2D eigenvalue weighted by Gasteiger charge is 2.14. The molecule has 0 radical (unpaired) electrons. The van der Waals surface area contributed by atoms with E-state index >= 15 is 0 Å². The lowest BCUT2D eigenvalue weighted by Gasteiger charge is -2.26. The van der Waals surface area contributed by atoms with E-state index in [1.165, 1.54) is 25.5 Å². The fourth-order valence-electron chi connectivity index (χ4n) is 4.45. The molecule has 35 heavy (non-hydrogen) atoms. The summed E-state index contributed by atoms with van der Waals surface area (Å²) in [5.41, 5.74) is 1.76. The molecular formula is C27H28N4O4. The van der Waals surface area contributed by atoms with Crippen LogP contribution < -0.4 is 15.6 Å². The molecular weight excluding hydrogens is 444 g/mol. The lowest BCUT2D eigenvalue weighted by atomic mass is 10.1. The fourth-order valence-corrected chi connectivity index (χ4v) is 4.45. The molecule has 0 saturated carbocycles. The normalized spacial score (nSPS) is 14.2. The number of hydrogen-bond donors (Lipinski definition) is 1. The van der Waals surface area contributed by atoms with E-state index in [0.717, 1.165) is 30.6 Å². The number of aromatic nitrogens is 2. The van der Waals surface area contributed by atoms with Gasteiger partial charge in [0.1, 0.15) is 18.6 Å². The number of amides is 1.